The normalized spacial score (nSPS) is 9.93. The molecule has 0 aromatic heterocycles. The van der Waals surface area contributed by atoms with Crippen molar-refractivity contribution >= 4 is 28.9 Å². The Labute approximate surface area is 88.3 Å². The Morgan fingerprint density at radius 1 is 1.50 bits per heavy atom. The van der Waals surface area contributed by atoms with E-state index >= 15 is 0 Å². The molecule has 1 aromatic rings. The summed E-state index contributed by atoms with van der Waals surface area (Å²) in [6, 6.07) is 2.48. The van der Waals surface area contributed by atoms with Gasteiger partial charge >= 0.3 is 5.69 Å². The maximum atomic E-state index is 11.8. The third-order valence-electron chi connectivity index (χ3n) is 1.42. The van der Waals surface area contributed by atoms with Gasteiger partial charge in [-0.1, -0.05) is 23.2 Å². The summed E-state index contributed by atoms with van der Waals surface area (Å²) in [5.41, 5.74) is -0.531. The Balaban J connectivity index is 3.30. The van der Waals surface area contributed by atoms with Gasteiger partial charge in [0.1, 0.15) is 5.02 Å². The summed E-state index contributed by atoms with van der Waals surface area (Å²) in [7, 11) is 0. The Bertz CT molecular complexity index is 372. The number of alkyl halides is 1. The fourth-order valence-corrected chi connectivity index (χ4v) is 1.25. The van der Waals surface area contributed by atoms with Crippen LogP contribution in [-0.2, 0) is 0 Å². The molecule has 0 unspecified atom stereocenters. The number of rotatable bonds is 3. The largest absolute Gasteiger partial charge is 0.456 e. The topological polar surface area (TPSA) is 52.4 Å². The Kier molecular flexibility index (Phi) is 3.49. The van der Waals surface area contributed by atoms with Gasteiger partial charge in [-0.3, -0.25) is 10.1 Å². The van der Waals surface area contributed by atoms with Crippen LogP contribution in [0.15, 0.2) is 12.1 Å². The number of nitro benzene ring substituents is 1. The summed E-state index contributed by atoms with van der Waals surface area (Å²) in [6.07, 6.45) is 0. The van der Waals surface area contributed by atoms with E-state index in [1.807, 2.05) is 0 Å². The number of ether oxygens (including phenoxy) is 1. The zero-order valence-electron chi connectivity index (χ0n) is 6.67. The number of nitrogens with zero attached hydrogens (tertiary/aromatic N) is 1. The van der Waals surface area contributed by atoms with Crippen LogP contribution < -0.4 is 4.74 Å². The van der Waals surface area contributed by atoms with Crippen LogP contribution in [0.4, 0.5) is 10.1 Å². The highest BCUT2D eigenvalue weighted by Gasteiger charge is 2.22. The molecule has 0 aliphatic heterocycles. The predicted octanol–water partition coefficient (Wildman–Crippen LogP) is 3.21. The molecule has 1 rings (SSSR count). The Hall–Kier alpha value is -1.07. The van der Waals surface area contributed by atoms with Crippen molar-refractivity contribution in [3.8, 4) is 5.75 Å². The summed E-state index contributed by atoms with van der Waals surface area (Å²) in [5.74, 6) is -0.244. The number of hydrogen-bond donors (Lipinski definition) is 0. The highest BCUT2D eigenvalue weighted by Crippen LogP contribution is 2.39. The molecule has 4 nitrogen and oxygen atoms in total. The highest BCUT2D eigenvalue weighted by atomic mass is 35.5. The van der Waals surface area contributed by atoms with Crippen LogP contribution in [0, 0.1) is 10.1 Å². The van der Waals surface area contributed by atoms with Crippen LogP contribution in [0.3, 0.4) is 0 Å². The zero-order valence-corrected chi connectivity index (χ0v) is 8.18. The van der Waals surface area contributed by atoms with Crippen molar-refractivity contribution in [3.63, 3.8) is 0 Å². The van der Waals surface area contributed by atoms with E-state index in [0.717, 1.165) is 0 Å². The second kappa shape index (κ2) is 4.43. The van der Waals surface area contributed by atoms with Crippen molar-refractivity contribution in [1.29, 1.82) is 0 Å². The molecular formula is C7H4Cl2FNO3. The van der Waals surface area contributed by atoms with Gasteiger partial charge in [0, 0.05) is 0 Å². The molecule has 0 spiro atoms. The van der Waals surface area contributed by atoms with Crippen molar-refractivity contribution in [1.82, 2.24) is 0 Å². The summed E-state index contributed by atoms with van der Waals surface area (Å²) in [4.78, 5) is 9.75. The van der Waals surface area contributed by atoms with Gasteiger partial charge in [-0.05, 0) is 12.1 Å². The molecule has 0 atom stereocenters. The van der Waals surface area contributed by atoms with E-state index in [1.54, 1.807) is 0 Å². The van der Waals surface area contributed by atoms with Crippen molar-refractivity contribution in [2.75, 3.05) is 6.86 Å². The van der Waals surface area contributed by atoms with Crippen LogP contribution in [0.5, 0.6) is 5.75 Å². The average molecular weight is 240 g/mol. The first-order valence-corrected chi connectivity index (χ1v) is 4.14. The first-order valence-electron chi connectivity index (χ1n) is 3.39. The molecule has 0 radical (unpaired) electrons. The van der Waals surface area contributed by atoms with E-state index in [4.69, 9.17) is 23.2 Å². The Morgan fingerprint density at radius 3 is 2.64 bits per heavy atom. The number of nitro groups is 1. The summed E-state index contributed by atoms with van der Waals surface area (Å²) >= 11 is 11.1. The molecule has 0 N–H and O–H groups in total. The third-order valence-corrected chi connectivity index (χ3v) is 2.22. The van der Waals surface area contributed by atoms with Crippen molar-refractivity contribution < 1.29 is 14.1 Å². The van der Waals surface area contributed by atoms with Gasteiger partial charge in [0.05, 0.1) is 9.95 Å². The van der Waals surface area contributed by atoms with Crippen LogP contribution in [0.25, 0.3) is 0 Å². The van der Waals surface area contributed by atoms with E-state index in [0.29, 0.717) is 0 Å². The fourth-order valence-electron chi connectivity index (χ4n) is 0.868. The molecule has 0 fully saturated rings. The number of benzene rings is 1. The highest BCUT2D eigenvalue weighted by molar-refractivity contribution is 6.43. The van der Waals surface area contributed by atoms with Crippen LogP contribution in [-0.4, -0.2) is 11.8 Å². The lowest BCUT2D eigenvalue weighted by molar-refractivity contribution is -0.385. The van der Waals surface area contributed by atoms with E-state index in [2.05, 4.69) is 4.74 Å². The Morgan fingerprint density at radius 2 is 2.14 bits per heavy atom. The quantitative estimate of drug-likeness (QED) is 0.602. The van der Waals surface area contributed by atoms with Gasteiger partial charge in [0.2, 0.25) is 12.6 Å². The molecular weight excluding hydrogens is 236 g/mol. The third kappa shape index (κ3) is 2.05. The molecule has 76 valence electrons. The lowest BCUT2D eigenvalue weighted by atomic mass is 10.3. The molecule has 0 bridgehead atoms. The number of hydrogen-bond acceptors (Lipinski definition) is 3. The zero-order chi connectivity index (χ0) is 10.7. The summed E-state index contributed by atoms with van der Waals surface area (Å²) in [5, 5.41) is 10.3. The molecule has 0 amide bonds. The fraction of sp³-hybridized carbons (Fsp3) is 0.143. The summed E-state index contributed by atoms with van der Waals surface area (Å²) in [6.45, 7) is -1.17. The van der Waals surface area contributed by atoms with Crippen molar-refractivity contribution in [2.24, 2.45) is 0 Å². The van der Waals surface area contributed by atoms with Crippen molar-refractivity contribution in [3.05, 3.63) is 32.3 Å². The van der Waals surface area contributed by atoms with Gasteiger partial charge in [0.15, 0.2) is 0 Å². The molecule has 0 aliphatic rings. The van der Waals surface area contributed by atoms with E-state index < -0.39 is 17.5 Å². The smallest absolute Gasteiger partial charge is 0.330 e. The maximum Gasteiger partial charge on any atom is 0.330 e. The lowest BCUT2D eigenvalue weighted by Gasteiger charge is -2.04. The minimum Gasteiger partial charge on any atom is -0.456 e. The van der Waals surface area contributed by atoms with Gasteiger partial charge in [0.25, 0.3) is 0 Å². The number of halogens is 3. The molecule has 0 heterocycles. The minimum atomic E-state index is -1.17. The molecule has 14 heavy (non-hydrogen) atoms. The second-order valence-electron chi connectivity index (χ2n) is 2.22. The molecule has 0 aliphatic carbocycles. The van der Waals surface area contributed by atoms with E-state index in [1.165, 1.54) is 12.1 Å². The SMILES string of the molecule is O=[N+]([O-])c1c(OCF)ccc(Cl)c1Cl. The van der Waals surface area contributed by atoms with E-state index in [-0.39, 0.29) is 15.8 Å². The monoisotopic (exact) mass is 239 g/mol. The van der Waals surface area contributed by atoms with Crippen molar-refractivity contribution in [2.45, 2.75) is 0 Å². The van der Waals surface area contributed by atoms with Gasteiger partial charge in [-0.15, -0.1) is 0 Å². The van der Waals surface area contributed by atoms with Gasteiger partial charge in [-0.25, -0.2) is 4.39 Å². The standard InChI is InChI=1S/C7H4Cl2FNO3/c8-4-1-2-5(14-3-10)7(6(4)9)11(12)13/h1-2H,3H2. The predicted molar refractivity (Wildman–Crippen MR) is 49.7 cm³/mol. The van der Waals surface area contributed by atoms with Gasteiger partial charge in [-0.2, -0.15) is 0 Å². The summed E-state index contributed by atoms with van der Waals surface area (Å²) < 4.78 is 16.2. The lowest BCUT2D eigenvalue weighted by Crippen LogP contribution is -1.97. The maximum absolute atomic E-state index is 11.8. The van der Waals surface area contributed by atoms with Crippen LogP contribution in [0.1, 0.15) is 0 Å². The first kappa shape index (κ1) is 11.0. The second-order valence-corrected chi connectivity index (χ2v) is 3.00. The average Bonchev–Trinajstić information content (AvgIpc) is 2.11. The van der Waals surface area contributed by atoms with E-state index in [9.17, 15) is 14.5 Å². The van der Waals surface area contributed by atoms with Crippen LogP contribution in [0.2, 0.25) is 10.0 Å². The molecule has 7 heteroatoms. The molecule has 1 aromatic carbocycles. The molecule has 0 saturated heterocycles. The minimum absolute atomic E-state index is 0.0181. The molecule has 0 saturated carbocycles. The van der Waals surface area contributed by atoms with Crippen LogP contribution >= 0.6 is 23.2 Å². The van der Waals surface area contributed by atoms with Gasteiger partial charge < -0.3 is 4.74 Å². The first-order chi connectivity index (χ1) is 6.57.